The Kier molecular flexibility index (Phi) is 5.33. The molecule has 10 nitrogen and oxygen atoms in total. The van der Waals surface area contributed by atoms with E-state index in [-0.39, 0.29) is 13.0 Å². The van der Waals surface area contributed by atoms with Gasteiger partial charge in [0.1, 0.15) is 0 Å². The van der Waals surface area contributed by atoms with E-state index in [2.05, 4.69) is 15.2 Å². The van der Waals surface area contributed by atoms with Crippen molar-refractivity contribution in [3.05, 3.63) is 59.4 Å². The fourth-order valence-corrected chi connectivity index (χ4v) is 3.43. The maximum atomic E-state index is 12.4. The van der Waals surface area contributed by atoms with Crippen molar-refractivity contribution in [1.82, 2.24) is 24.5 Å². The molecule has 3 aromatic rings. The largest absolute Gasteiger partial charge is 0.480 e. The van der Waals surface area contributed by atoms with Crippen LogP contribution in [0.5, 0.6) is 0 Å². The van der Waals surface area contributed by atoms with Crippen LogP contribution in [0, 0.1) is 0 Å². The van der Waals surface area contributed by atoms with Crippen LogP contribution in [0.25, 0.3) is 16.9 Å². The Morgan fingerprint density at radius 3 is 2.31 bits per heavy atom. The number of aryl methyl sites for hydroxylation is 1. The Labute approximate surface area is 166 Å². The van der Waals surface area contributed by atoms with Crippen molar-refractivity contribution in [2.24, 2.45) is 0 Å². The van der Waals surface area contributed by atoms with Crippen LogP contribution in [0.2, 0.25) is 0 Å². The first-order chi connectivity index (χ1) is 13.6. The number of aromatic nitrogens is 5. The zero-order valence-corrected chi connectivity index (χ0v) is 16.6. The number of aliphatic carboxylic acids is 1. The Bertz CT molecular complexity index is 1190. The second kappa shape index (κ2) is 7.59. The van der Waals surface area contributed by atoms with Gasteiger partial charge in [0.2, 0.25) is 0 Å². The van der Waals surface area contributed by atoms with Gasteiger partial charge < -0.3 is 5.11 Å². The molecule has 1 N–H and O–H groups in total. The lowest BCUT2D eigenvalue weighted by Gasteiger charge is -2.22. The highest BCUT2D eigenvalue weighted by Gasteiger charge is 2.43. The summed E-state index contributed by atoms with van der Waals surface area (Å²) >= 11 is 0. The number of carbonyl (C=O) groups is 1. The van der Waals surface area contributed by atoms with Crippen LogP contribution < -0.4 is 5.56 Å². The van der Waals surface area contributed by atoms with Crippen molar-refractivity contribution in [2.75, 3.05) is 6.26 Å². The van der Waals surface area contributed by atoms with Crippen molar-refractivity contribution < 1.29 is 18.3 Å². The fourth-order valence-electron chi connectivity index (χ4n) is 2.65. The van der Waals surface area contributed by atoms with Crippen molar-refractivity contribution in [3.63, 3.8) is 0 Å². The van der Waals surface area contributed by atoms with Gasteiger partial charge in [-0.3, -0.25) is 14.2 Å². The molecule has 0 aliphatic rings. The number of rotatable bonds is 7. The summed E-state index contributed by atoms with van der Waals surface area (Å²) in [5.74, 6) is -1.45. The molecule has 152 valence electrons. The van der Waals surface area contributed by atoms with E-state index < -0.39 is 26.1 Å². The summed E-state index contributed by atoms with van der Waals surface area (Å²) in [4.78, 5) is 29.5. The lowest BCUT2D eigenvalue weighted by Crippen LogP contribution is -2.44. The summed E-state index contributed by atoms with van der Waals surface area (Å²) in [7, 11) is -3.87. The van der Waals surface area contributed by atoms with E-state index in [0.29, 0.717) is 11.3 Å². The molecule has 2 heterocycles. The highest BCUT2D eigenvalue weighted by Crippen LogP contribution is 2.22. The van der Waals surface area contributed by atoms with Gasteiger partial charge in [-0.25, -0.2) is 13.4 Å². The lowest BCUT2D eigenvalue weighted by molar-refractivity contribution is -0.139. The zero-order chi connectivity index (χ0) is 21.2. The molecule has 0 spiro atoms. The first-order valence-corrected chi connectivity index (χ1v) is 10.5. The van der Waals surface area contributed by atoms with Crippen molar-refractivity contribution >= 4 is 15.8 Å². The molecule has 2 aromatic heterocycles. The Morgan fingerprint density at radius 2 is 1.79 bits per heavy atom. The highest BCUT2D eigenvalue weighted by molar-refractivity contribution is 7.92. The molecule has 0 amide bonds. The normalized spacial score (nSPS) is 13.7. The maximum absolute atomic E-state index is 12.4. The van der Waals surface area contributed by atoms with Crippen molar-refractivity contribution in [2.45, 2.75) is 24.6 Å². The number of benzene rings is 1. The van der Waals surface area contributed by atoms with Gasteiger partial charge in [0.05, 0.1) is 30.1 Å². The van der Waals surface area contributed by atoms with Crippen molar-refractivity contribution in [3.8, 4) is 16.9 Å². The van der Waals surface area contributed by atoms with E-state index in [0.717, 1.165) is 18.9 Å². The van der Waals surface area contributed by atoms with Gasteiger partial charge in [-0.05, 0) is 25.5 Å². The number of hydrogen-bond donors (Lipinski definition) is 1. The summed E-state index contributed by atoms with van der Waals surface area (Å²) < 4.78 is 22.9. The Hall–Kier alpha value is -3.34. The SMILES string of the molecule is C[C@@](CCn1cnc(-c2ccc(-n3nccn3)cc2)cc1=O)(C(=O)O)S(C)(=O)=O. The predicted octanol–water partition coefficient (Wildman–Crippen LogP) is 0.769. The minimum atomic E-state index is -3.87. The van der Waals surface area contributed by atoms with E-state index in [4.69, 9.17) is 0 Å². The molecule has 29 heavy (non-hydrogen) atoms. The molecule has 0 aliphatic heterocycles. The molecule has 0 radical (unpaired) electrons. The quantitative estimate of drug-likeness (QED) is 0.595. The van der Waals surface area contributed by atoms with Gasteiger partial charge in [0, 0.05) is 24.4 Å². The molecule has 0 fully saturated rings. The van der Waals surface area contributed by atoms with Gasteiger partial charge in [-0.15, -0.1) is 0 Å². The van der Waals surface area contributed by atoms with E-state index in [1.807, 2.05) is 0 Å². The van der Waals surface area contributed by atoms with E-state index in [9.17, 15) is 23.1 Å². The molecular formula is C18H19N5O5S. The van der Waals surface area contributed by atoms with Crippen LogP contribution in [0.15, 0.2) is 53.8 Å². The monoisotopic (exact) mass is 417 g/mol. The van der Waals surface area contributed by atoms with Crippen molar-refractivity contribution in [1.29, 1.82) is 0 Å². The van der Waals surface area contributed by atoms with Crippen LogP contribution in [0.1, 0.15) is 13.3 Å². The third-order valence-corrected chi connectivity index (χ3v) is 6.81. The first kappa shape index (κ1) is 20.4. The molecule has 0 saturated carbocycles. The van der Waals surface area contributed by atoms with E-state index >= 15 is 0 Å². The second-order valence-electron chi connectivity index (χ2n) is 6.73. The standard InChI is InChI=1S/C18H19N5O5S/c1-18(17(25)26,29(2,27)28)7-10-22-12-19-15(11-16(22)24)13-3-5-14(6-4-13)23-20-8-9-21-23/h3-6,8-9,11-12H,7,10H2,1-2H3,(H,25,26)/t18-/m1/s1. The molecule has 1 atom stereocenters. The van der Waals surface area contributed by atoms with Gasteiger partial charge >= 0.3 is 5.97 Å². The Morgan fingerprint density at radius 1 is 1.17 bits per heavy atom. The Balaban J connectivity index is 1.80. The first-order valence-electron chi connectivity index (χ1n) is 8.58. The summed E-state index contributed by atoms with van der Waals surface area (Å²) in [5.41, 5.74) is 1.49. The van der Waals surface area contributed by atoms with Gasteiger partial charge in [0.15, 0.2) is 14.6 Å². The van der Waals surface area contributed by atoms with Crippen LogP contribution in [0.4, 0.5) is 0 Å². The summed E-state index contributed by atoms with van der Waals surface area (Å²) in [5, 5.41) is 17.4. The smallest absolute Gasteiger partial charge is 0.324 e. The predicted molar refractivity (Wildman–Crippen MR) is 104 cm³/mol. The number of carboxylic acids is 1. The minimum Gasteiger partial charge on any atom is -0.480 e. The van der Waals surface area contributed by atoms with Crippen LogP contribution in [0.3, 0.4) is 0 Å². The van der Waals surface area contributed by atoms with Crippen LogP contribution in [-0.2, 0) is 21.2 Å². The highest BCUT2D eigenvalue weighted by atomic mass is 32.2. The molecule has 11 heteroatoms. The van der Waals surface area contributed by atoms with E-state index in [1.165, 1.54) is 21.8 Å². The molecule has 0 unspecified atom stereocenters. The second-order valence-corrected chi connectivity index (χ2v) is 9.17. The number of sulfone groups is 1. The van der Waals surface area contributed by atoms with Gasteiger partial charge in [-0.2, -0.15) is 15.0 Å². The number of nitrogens with zero attached hydrogens (tertiary/aromatic N) is 5. The molecule has 0 bridgehead atoms. The maximum Gasteiger partial charge on any atom is 0.324 e. The third kappa shape index (κ3) is 4.09. The van der Waals surface area contributed by atoms with Gasteiger partial charge in [-0.1, -0.05) is 12.1 Å². The molecule has 3 rings (SSSR count). The summed E-state index contributed by atoms with van der Waals surface area (Å²) in [6.07, 6.45) is 5.02. The molecule has 0 saturated heterocycles. The molecule has 0 aliphatic carbocycles. The lowest BCUT2D eigenvalue weighted by atomic mass is 10.1. The summed E-state index contributed by atoms with van der Waals surface area (Å²) in [6.45, 7) is 1.04. The van der Waals surface area contributed by atoms with Crippen LogP contribution >= 0.6 is 0 Å². The average molecular weight is 417 g/mol. The molecule has 1 aromatic carbocycles. The zero-order valence-electron chi connectivity index (χ0n) is 15.8. The third-order valence-electron chi connectivity index (χ3n) is 4.79. The number of carboxylic acid groups (broad SMARTS) is 1. The molecular weight excluding hydrogens is 398 g/mol. The topological polar surface area (TPSA) is 137 Å². The fraction of sp³-hybridized carbons (Fsp3) is 0.278. The van der Waals surface area contributed by atoms with Crippen LogP contribution in [-0.4, -0.2) is 55.0 Å². The summed E-state index contributed by atoms with van der Waals surface area (Å²) in [6, 6.07) is 8.44. The minimum absolute atomic E-state index is 0.0914. The van der Waals surface area contributed by atoms with E-state index in [1.54, 1.807) is 36.7 Å². The average Bonchev–Trinajstić information content (AvgIpc) is 3.20. The van der Waals surface area contributed by atoms with Gasteiger partial charge in [0.25, 0.3) is 5.56 Å². The number of hydrogen-bond acceptors (Lipinski definition) is 7.